The first-order valence-electron chi connectivity index (χ1n) is 6.01. The fraction of sp³-hybridized carbons (Fsp3) is 0.500. The molecule has 0 saturated carbocycles. The second kappa shape index (κ2) is 5.17. The Balaban J connectivity index is 2.83. The van der Waals surface area contributed by atoms with Gasteiger partial charge in [0.25, 0.3) is 0 Å². The number of carbonyl (C=O) groups is 1. The third-order valence-electron chi connectivity index (χ3n) is 2.27. The molecule has 0 spiro atoms. The van der Waals surface area contributed by atoms with Crippen LogP contribution < -0.4 is 5.32 Å². The molecule has 0 aliphatic rings. The number of hydrogen-bond acceptors (Lipinski definition) is 3. The van der Waals surface area contributed by atoms with E-state index >= 15 is 0 Å². The van der Waals surface area contributed by atoms with E-state index in [9.17, 15) is 14.3 Å². The van der Waals surface area contributed by atoms with Crippen molar-refractivity contribution in [3.63, 3.8) is 0 Å². The molecule has 0 saturated heterocycles. The molecule has 0 atom stereocenters. The Hall–Kier alpha value is -1.62. The highest BCUT2D eigenvalue weighted by atomic mass is 19.1. The minimum absolute atomic E-state index is 0.169. The van der Waals surface area contributed by atoms with Gasteiger partial charge in [0, 0.05) is 11.3 Å². The van der Waals surface area contributed by atoms with Crippen LogP contribution in [0.3, 0.4) is 0 Å². The second-order valence-electron chi connectivity index (χ2n) is 5.88. The Morgan fingerprint density at radius 1 is 1.26 bits per heavy atom. The van der Waals surface area contributed by atoms with E-state index in [1.165, 1.54) is 26.0 Å². The SMILES string of the molecule is CC(C)(C)OC(=O)Nc1ccc(C(C)(C)O)c(F)c1. The van der Waals surface area contributed by atoms with E-state index in [1.54, 1.807) is 20.8 Å². The summed E-state index contributed by atoms with van der Waals surface area (Å²) in [6.07, 6.45) is -0.650. The average molecular weight is 269 g/mol. The zero-order chi connectivity index (χ0) is 14.8. The second-order valence-corrected chi connectivity index (χ2v) is 5.88. The normalized spacial score (nSPS) is 12.2. The first kappa shape index (κ1) is 15.4. The monoisotopic (exact) mass is 269 g/mol. The summed E-state index contributed by atoms with van der Waals surface area (Å²) in [5, 5.41) is 12.2. The first-order valence-corrected chi connectivity index (χ1v) is 6.01. The zero-order valence-corrected chi connectivity index (χ0v) is 11.9. The quantitative estimate of drug-likeness (QED) is 0.865. The fourth-order valence-corrected chi connectivity index (χ4v) is 1.51. The van der Waals surface area contributed by atoms with Gasteiger partial charge in [0.1, 0.15) is 11.4 Å². The predicted molar refractivity (Wildman–Crippen MR) is 71.5 cm³/mol. The van der Waals surface area contributed by atoms with Crippen LogP contribution in [0.1, 0.15) is 40.2 Å². The number of anilines is 1. The molecule has 0 aliphatic carbocycles. The van der Waals surface area contributed by atoms with Gasteiger partial charge in [-0.3, -0.25) is 5.32 Å². The van der Waals surface area contributed by atoms with Crippen molar-refractivity contribution in [2.24, 2.45) is 0 Å². The topological polar surface area (TPSA) is 58.6 Å². The summed E-state index contributed by atoms with van der Waals surface area (Å²) in [4.78, 5) is 11.5. The Kier molecular flexibility index (Phi) is 4.20. The molecule has 0 bridgehead atoms. The lowest BCUT2D eigenvalue weighted by molar-refractivity contribution is 0.0636. The van der Waals surface area contributed by atoms with Crippen LogP contribution in [0.2, 0.25) is 0 Å². The highest BCUT2D eigenvalue weighted by molar-refractivity contribution is 5.84. The lowest BCUT2D eigenvalue weighted by Crippen LogP contribution is -2.27. The zero-order valence-electron chi connectivity index (χ0n) is 11.9. The lowest BCUT2D eigenvalue weighted by Gasteiger charge is -2.21. The van der Waals surface area contributed by atoms with E-state index in [2.05, 4.69) is 5.32 Å². The minimum atomic E-state index is -1.27. The smallest absolute Gasteiger partial charge is 0.412 e. The molecule has 0 aromatic heterocycles. The maximum Gasteiger partial charge on any atom is 0.412 e. The summed E-state index contributed by atoms with van der Waals surface area (Å²) in [5.74, 6) is -0.582. The van der Waals surface area contributed by atoms with Gasteiger partial charge in [-0.15, -0.1) is 0 Å². The minimum Gasteiger partial charge on any atom is -0.444 e. The number of hydrogen-bond donors (Lipinski definition) is 2. The maximum atomic E-state index is 13.8. The van der Waals surface area contributed by atoms with Gasteiger partial charge in [0.2, 0.25) is 0 Å². The standard InChI is InChI=1S/C14H20FNO3/c1-13(2,3)19-12(17)16-9-6-7-10(11(15)8-9)14(4,5)18/h6-8,18H,1-5H3,(H,16,17). The molecule has 106 valence electrons. The summed E-state index contributed by atoms with van der Waals surface area (Å²) in [6.45, 7) is 8.21. The maximum absolute atomic E-state index is 13.8. The molecule has 5 heteroatoms. The first-order chi connectivity index (χ1) is 8.49. The van der Waals surface area contributed by atoms with E-state index in [4.69, 9.17) is 4.74 Å². The van der Waals surface area contributed by atoms with Crippen molar-refractivity contribution < 1.29 is 19.0 Å². The molecule has 2 N–H and O–H groups in total. The van der Waals surface area contributed by atoms with E-state index in [-0.39, 0.29) is 11.3 Å². The van der Waals surface area contributed by atoms with Crippen LogP contribution in [0.15, 0.2) is 18.2 Å². The van der Waals surface area contributed by atoms with Crippen LogP contribution in [0.25, 0.3) is 0 Å². The summed E-state index contributed by atoms with van der Waals surface area (Å²) in [6, 6.07) is 4.10. The van der Waals surface area contributed by atoms with E-state index in [0.717, 1.165) is 6.07 Å². The predicted octanol–water partition coefficient (Wildman–Crippen LogP) is 3.40. The number of benzene rings is 1. The number of carbonyl (C=O) groups excluding carboxylic acids is 1. The highest BCUT2D eigenvalue weighted by Gasteiger charge is 2.21. The van der Waals surface area contributed by atoms with Gasteiger partial charge in [0.05, 0.1) is 5.60 Å². The number of amides is 1. The van der Waals surface area contributed by atoms with E-state index < -0.39 is 23.1 Å². The van der Waals surface area contributed by atoms with Crippen molar-refractivity contribution in [2.45, 2.75) is 45.8 Å². The van der Waals surface area contributed by atoms with Crippen LogP contribution in [0.4, 0.5) is 14.9 Å². The average Bonchev–Trinajstić information content (AvgIpc) is 2.11. The summed E-state index contributed by atoms with van der Waals surface area (Å²) >= 11 is 0. The van der Waals surface area contributed by atoms with Crippen molar-refractivity contribution >= 4 is 11.8 Å². The van der Waals surface area contributed by atoms with E-state index in [0.29, 0.717) is 0 Å². The molecule has 0 fully saturated rings. The molecule has 1 aromatic rings. The van der Waals surface area contributed by atoms with Crippen LogP contribution in [0, 0.1) is 5.82 Å². The third kappa shape index (κ3) is 4.87. The van der Waals surface area contributed by atoms with Crippen molar-refractivity contribution in [3.8, 4) is 0 Å². The largest absolute Gasteiger partial charge is 0.444 e. The highest BCUT2D eigenvalue weighted by Crippen LogP contribution is 2.25. The van der Waals surface area contributed by atoms with Gasteiger partial charge < -0.3 is 9.84 Å². The van der Waals surface area contributed by atoms with Crippen molar-refractivity contribution in [1.82, 2.24) is 0 Å². The van der Waals surface area contributed by atoms with Crippen molar-refractivity contribution in [1.29, 1.82) is 0 Å². The number of nitrogens with one attached hydrogen (secondary N) is 1. The van der Waals surface area contributed by atoms with Crippen LogP contribution >= 0.6 is 0 Å². The van der Waals surface area contributed by atoms with Crippen LogP contribution in [-0.2, 0) is 10.3 Å². The van der Waals surface area contributed by atoms with Gasteiger partial charge >= 0.3 is 6.09 Å². The Bertz CT molecular complexity index is 473. The molecular weight excluding hydrogens is 249 g/mol. The Morgan fingerprint density at radius 3 is 2.26 bits per heavy atom. The molecule has 0 aliphatic heterocycles. The van der Waals surface area contributed by atoms with Crippen molar-refractivity contribution in [3.05, 3.63) is 29.6 Å². The van der Waals surface area contributed by atoms with Gasteiger partial charge in [-0.2, -0.15) is 0 Å². The third-order valence-corrected chi connectivity index (χ3v) is 2.27. The van der Waals surface area contributed by atoms with Gasteiger partial charge in [-0.25, -0.2) is 9.18 Å². The van der Waals surface area contributed by atoms with Crippen molar-refractivity contribution in [2.75, 3.05) is 5.32 Å². The molecule has 19 heavy (non-hydrogen) atoms. The van der Waals surface area contributed by atoms with Gasteiger partial charge in [-0.1, -0.05) is 6.07 Å². The van der Waals surface area contributed by atoms with Gasteiger partial charge in [0.15, 0.2) is 0 Å². The summed E-state index contributed by atoms with van der Waals surface area (Å²) in [5.41, 5.74) is -1.44. The van der Waals surface area contributed by atoms with E-state index in [1.807, 2.05) is 0 Å². The molecule has 0 heterocycles. The Morgan fingerprint density at radius 2 is 1.84 bits per heavy atom. The molecule has 0 radical (unpaired) electrons. The number of aliphatic hydroxyl groups is 1. The molecule has 0 unspecified atom stereocenters. The van der Waals surface area contributed by atoms with Crippen LogP contribution in [0.5, 0.6) is 0 Å². The molecule has 1 amide bonds. The molecule has 1 aromatic carbocycles. The summed E-state index contributed by atoms with van der Waals surface area (Å²) in [7, 11) is 0. The molecular formula is C14H20FNO3. The van der Waals surface area contributed by atoms with Gasteiger partial charge in [-0.05, 0) is 46.8 Å². The number of rotatable bonds is 2. The van der Waals surface area contributed by atoms with Crippen LogP contribution in [-0.4, -0.2) is 16.8 Å². The number of ether oxygens (including phenoxy) is 1. The summed E-state index contributed by atoms with van der Waals surface area (Å²) < 4.78 is 18.8. The lowest BCUT2D eigenvalue weighted by atomic mass is 9.97. The molecule has 1 rings (SSSR count). The fourth-order valence-electron chi connectivity index (χ4n) is 1.51. The Labute approximate surface area is 112 Å². The number of halogens is 1. The molecule has 4 nitrogen and oxygen atoms in total.